The van der Waals surface area contributed by atoms with Crippen molar-refractivity contribution in [1.82, 2.24) is 19.7 Å². The fraction of sp³-hybridized carbons (Fsp3) is 0.278. The first kappa shape index (κ1) is 15.7. The number of pyridine rings is 1. The normalized spacial score (nSPS) is 14.7. The predicted molar refractivity (Wildman–Crippen MR) is 89.4 cm³/mol. The number of amides is 1. The van der Waals surface area contributed by atoms with Crippen LogP contribution in [0.5, 0.6) is 0 Å². The van der Waals surface area contributed by atoms with Crippen molar-refractivity contribution in [1.29, 1.82) is 0 Å². The number of rotatable bonds is 4. The molecule has 1 aliphatic rings. The van der Waals surface area contributed by atoms with Gasteiger partial charge in [0.05, 0.1) is 30.0 Å². The van der Waals surface area contributed by atoms with Crippen LogP contribution in [-0.4, -0.2) is 44.8 Å². The number of halogens is 1. The maximum Gasteiger partial charge on any atom is 0.255 e. The minimum atomic E-state index is -0.273. The molecule has 0 atom stereocenters. The van der Waals surface area contributed by atoms with E-state index < -0.39 is 0 Å². The molecule has 1 aliphatic heterocycles. The fourth-order valence-electron chi connectivity index (χ4n) is 2.86. The molecule has 0 unspecified atom stereocenters. The van der Waals surface area contributed by atoms with Crippen LogP contribution in [0.4, 0.5) is 4.39 Å². The molecule has 0 N–H and O–H groups in total. The van der Waals surface area contributed by atoms with Gasteiger partial charge in [0.1, 0.15) is 11.3 Å². The second kappa shape index (κ2) is 6.25. The number of fused-ring (bicyclic) bond motifs is 1. The van der Waals surface area contributed by atoms with Gasteiger partial charge in [0.15, 0.2) is 0 Å². The van der Waals surface area contributed by atoms with E-state index in [9.17, 15) is 9.18 Å². The molecule has 1 saturated heterocycles. The monoisotopic (exact) mass is 340 g/mol. The largest absolute Gasteiger partial charge is 0.370 e. The fourth-order valence-corrected chi connectivity index (χ4v) is 2.86. The van der Waals surface area contributed by atoms with E-state index in [4.69, 9.17) is 4.74 Å². The van der Waals surface area contributed by atoms with Gasteiger partial charge in [-0.15, -0.1) is 0 Å². The minimum absolute atomic E-state index is 0.0723. The van der Waals surface area contributed by atoms with Crippen LogP contribution < -0.4 is 0 Å². The first-order valence-electron chi connectivity index (χ1n) is 8.04. The second-order valence-electron chi connectivity index (χ2n) is 6.13. The molecule has 25 heavy (non-hydrogen) atoms. The molecule has 0 bridgehead atoms. The van der Waals surface area contributed by atoms with Crippen LogP contribution in [0.2, 0.25) is 0 Å². The van der Waals surface area contributed by atoms with Gasteiger partial charge < -0.3 is 9.64 Å². The summed E-state index contributed by atoms with van der Waals surface area (Å²) in [7, 11) is 1.81. The lowest BCUT2D eigenvalue weighted by molar-refractivity contribution is -0.0510. The van der Waals surface area contributed by atoms with Gasteiger partial charge in [0, 0.05) is 31.9 Å². The molecule has 1 aromatic carbocycles. The number of carbonyl (C=O) groups is 1. The van der Waals surface area contributed by atoms with Gasteiger partial charge in [-0.3, -0.25) is 14.5 Å². The van der Waals surface area contributed by atoms with Gasteiger partial charge in [0.25, 0.3) is 5.91 Å². The lowest BCUT2D eigenvalue weighted by Gasteiger charge is -2.38. The first-order valence-corrected chi connectivity index (χ1v) is 8.04. The van der Waals surface area contributed by atoms with E-state index in [1.165, 1.54) is 6.07 Å². The summed E-state index contributed by atoms with van der Waals surface area (Å²) in [4.78, 5) is 18.5. The molecule has 2 aromatic heterocycles. The van der Waals surface area contributed by atoms with Crippen molar-refractivity contribution >= 4 is 16.9 Å². The number of benzene rings is 1. The van der Waals surface area contributed by atoms with Gasteiger partial charge >= 0.3 is 0 Å². The van der Waals surface area contributed by atoms with Crippen LogP contribution in [0.15, 0.2) is 42.7 Å². The lowest BCUT2D eigenvalue weighted by atomic mass is 10.1. The van der Waals surface area contributed by atoms with Gasteiger partial charge in [-0.05, 0) is 12.1 Å². The number of aromatic nitrogens is 3. The molecule has 3 heterocycles. The zero-order valence-electron chi connectivity index (χ0n) is 13.7. The first-order chi connectivity index (χ1) is 12.1. The molecule has 6 nitrogen and oxygen atoms in total. The molecule has 1 amide bonds. The van der Waals surface area contributed by atoms with Crippen LogP contribution in [0.25, 0.3) is 11.0 Å². The maximum atomic E-state index is 13.6. The molecule has 7 heteroatoms. The predicted octanol–water partition coefficient (Wildman–Crippen LogP) is 2.15. The average molecular weight is 340 g/mol. The van der Waals surface area contributed by atoms with E-state index >= 15 is 0 Å². The molecule has 128 valence electrons. The molecule has 4 rings (SSSR count). The third-order valence-electron chi connectivity index (χ3n) is 4.41. The van der Waals surface area contributed by atoms with Crippen molar-refractivity contribution in [2.45, 2.75) is 12.7 Å². The Morgan fingerprint density at radius 3 is 2.92 bits per heavy atom. The van der Waals surface area contributed by atoms with E-state index in [0.717, 1.165) is 11.0 Å². The Balaban J connectivity index is 1.35. The van der Waals surface area contributed by atoms with Gasteiger partial charge in [-0.2, -0.15) is 5.10 Å². The number of aryl methyl sites for hydroxylation is 1. The highest BCUT2D eigenvalue weighted by Crippen LogP contribution is 2.20. The summed E-state index contributed by atoms with van der Waals surface area (Å²) in [5.74, 6) is -0.355. The molecule has 0 radical (unpaired) electrons. The Kier molecular flexibility index (Phi) is 3.93. The topological polar surface area (TPSA) is 60.2 Å². The van der Waals surface area contributed by atoms with Crippen LogP contribution in [0.1, 0.15) is 15.9 Å². The third-order valence-corrected chi connectivity index (χ3v) is 4.41. The van der Waals surface area contributed by atoms with Crippen molar-refractivity contribution < 1.29 is 13.9 Å². The van der Waals surface area contributed by atoms with Crippen LogP contribution in [0, 0.1) is 5.82 Å². The van der Waals surface area contributed by atoms with Crippen molar-refractivity contribution in [3.8, 4) is 0 Å². The summed E-state index contributed by atoms with van der Waals surface area (Å²) in [5, 5.41) is 4.13. The summed E-state index contributed by atoms with van der Waals surface area (Å²) >= 11 is 0. The Hall–Kier alpha value is -2.80. The SMILES string of the molecule is Cn1ncc2ncc(C(=O)N3CC(OCc4ccccc4F)C3)cc21. The Morgan fingerprint density at radius 1 is 1.32 bits per heavy atom. The molecular formula is C18H17FN4O2. The van der Waals surface area contributed by atoms with Gasteiger partial charge in [0.2, 0.25) is 0 Å². The Labute approximate surface area is 143 Å². The average Bonchev–Trinajstić information content (AvgIpc) is 2.95. The van der Waals surface area contributed by atoms with Crippen LogP contribution in [0.3, 0.4) is 0 Å². The molecule has 1 fully saturated rings. The summed E-state index contributed by atoms with van der Waals surface area (Å²) in [6, 6.07) is 8.34. The highest BCUT2D eigenvalue weighted by atomic mass is 19.1. The van der Waals surface area contributed by atoms with E-state index in [1.807, 2.05) is 7.05 Å². The summed E-state index contributed by atoms with van der Waals surface area (Å²) in [6.45, 7) is 1.20. The van der Waals surface area contributed by atoms with E-state index in [-0.39, 0.29) is 24.4 Å². The zero-order chi connectivity index (χ0) is 17.4. The second-order valence-corrected chi connectivity index (χ2v) is 6.13. The number of nitrogens with zero attached hydrogens (tertiary/aromatic N) is 4. The van der Waals surface area contributed by atoms with Crippen LogP contribution >= 0.6 is 0 Å². The number of likely N-dealkylation sites (tertiary alicyclic amines) is 1. The van der Waals surface area contributed by atoms with E-state index in [2.05, 4.69) is 10.1 Å². The van der Waals surface area contributed by atoms with Crippen molar-refractivity contribution in [3.63, 3.8) is 0 Å². The Bertz CT molecular complexity index is 934. The number of hydrogen-bond acceptors (Lipinski definition) is 4. The molecule has 0 spiro atoms. The molecule has 3 aromatic rings. The highest BCUT2D eigenvalue weighted by Gasteiger charge is 2.32. The van der Waals surface area contributed by atoms with Crippen molar-refractivity contribution in [2.24, 2.45) is 7.05 Å². The summed E-state index contributed by atoms with van der Waals surface area (Å²) in [6.07, 6.45) is 3.16. The quantitative estimate of drug-likeness (QED) is 0.730. The standard InChI is InChI=1S/C18H17FN4O2/c1-22-17-6-13(7-20-16(17)8-21-22)18(24)23-9-14(10-23)25-11-12-4-2-3-5-15(12)19/h2-8,14H,9-11H2,1H3. The van der Waals surface area contributed by atoms with Crippen molar-refractivity contribution in [2.75, 3.05) is 13.1 Å². The smallest absolute Gasteiger partial charge is 0.255 e. The molecule has 0 aliphatic carbocycles. The maximum absolute atomic E-state index is 13.6. The number of carbonyl (C=O) groups excluding carboxylic acids is 1. The van der Waals surface area contributed by atoms with E-state index in [1.54, 1.807) is 46.2 Å². The molecular weight excluding hydrogens is 323 g/mol. The number of ether oxygens (including phenoxy) is 1. The highest BCUT2D eigenvalue weighted by molar-refractivity contribution is 5.97. The Morgan fingerprint density at radius 2 is 2.12 bits per heavy atom. The third kappa shape index (κ3) is 2.98. The van der Waals surface area contributed by atoms with Gasteiger partial charge in [-0.1, -0.05) is 18.2 Å². The van der Waals surface area contributed by atoms with E-state index in [0.29, 0.717) is 24.2 Å². The zero-order valence-corrected chi connectivity index (χ0v) is 13.7. The molecule has 0 saturated carbocycles. The summed E-state index contributed by atoms with van der Waals surface area (Å²) in [5.41, 5.74) is 2.63. The van der Waals surface area contributed by atoms with Crippen LogP contribution in [-0.2, 0) is 18.4 Å². The minimum Gasteiger partial charge on any atom is -0.370 e. The van der Waals surface area contributed by atoms with Gasteiger partial charge in [-0.25, -0.2) is 4.39 Å². The lowest BCUT2D eigenvalue weighted by Crippen LogP contribution is -2.54. The summed E-state index contributed by atoms with van der Waals surface area (Å²) < 4.78 is 20.9. The van der Waals surface area contributed by atoms with Crippen molar-refractivity contribution in [3.05, 3.63) is 59.7 Å². The number of hydrogen-bond donors (Lipinski definition) is 0.